The summed E-state index contributed by atoms with van der Waals surface area (Å²) in [7, 11) is 0. The van der Waals surface area contributed by atoms with Gasteiger partial charge in [0.15, 0.2) is 5.84 Å². The highest BCUT2D eigenvalue weighted by Crippen LogP contribution is 2.37. The van der Waals surface area contributed by atoms with Gasteiger partial charge in [0.25, 0.3) is 0 Å². The monoisotopic (exact) mass is 337 g/mol. The zero-order valence-corrected chi connectivity index (χ0v) is 12.5. The Kier molecular flexibility index (Phi) is 4.09. The van der Waals surface area contributed by atoms with E-state index in [4.69, 9.17) is 11.6 Å². The molecule has 0 radical (unpaired) electrons. The minimum absolute atomic E-state index is 0.287. The van der Waals surface area contributed by atoms with Gasteiger partial charge in [-0.15, -0.1) is 0 Å². The van der Waals surface area contributed by atoms with Crippen LogP contribution in [0.1, 0.15) is 5.69 Å². The zero-order valence-electron chi connectivity index (χ0n) is 11.8. The Labute approximate surface area is 135 Å². The van der Waals surface area contributed by atoms with Gasteiger partial charge in [-0.25, -0.2) is 0 Å². The van der Waals surface area contributed by atoms with Gasteiger partial charge in [0.05, 0.1) is 12.1 Å². The number of rotatable bonds is 2. The van der Waals surface area contributed by atoms with Crippen molar-refractivity contribution in [1.82, 2.24) is 4.98 Å². The van der Waals surface area contributed by atoms with E-state index in [1.54, 1.807) is 54.7 Å². The van der Waals surface area contributed by atoms with Crippen LogP contribution in [0.5, 0.6) is 0 Å². The normalized spacial score (nSPS) is 15.7. The largest absolute Gasteiger partial charge is 0.417 e. The van der Waals surface area contributed by atoms with Crippen LogP contribution in [0.2, 0.25) is 0 Å². The first-order valence-corrected chi connectivity index (χ1v) is 7.13. The molecule has 2 aromatic rings. The summed E-state index contributed by atoms with van der Waals surface area (Å²) in [5.41, 5.74) is 0.0711. The Balaban J connectivity index is 2.14. The molecule has 0 spiro atoms. The number of nitrogens with zero attached hydrogens (tertiary/aromatic N) is 3. The highest BCUT2D eigenvalue weighted by Gasteiger charge is 2.40. The second kappa shape index (κ2) is 6.04. The Morgan fingerprint density at radius 3 is 2.30 bits per heavy atom. The molecule has 0 unspecified atom stereocenters. The number of para-hydroxylation sites is 1. The Morgan fingerprint density at radius 2 is 1.70 bits per heavy atom. The summed E-state index contributed by atoms with van der Waals surface area (Å²) in [4.78, 5) is 9.51. The summed E-state index contributed by atoms with van der Waals surface area (Å²) < 4.78 is 39.5. The quantitative estimate of drug-likeness (QED) is 0.762. The van der Waals surface area contributed by atoms with Crippen molar-refractivity contribution in [3.8, 4) is 0 Å². The van der Waals surface area contributed by atoms with Crippen molar-refractivity contribution in [2.75, 3.05) is 11.4 Å². The number of pyridine rings is 1. The maximum Gasteiger partial charge on any atom is 0.417 e. The highest BCUT2D eigenvalue weighted by molar-refractivity contribution is 6.36. The van der Waals surface area contributed by atoms with Gasteiger partial charge in [0, 0.05) is 11.9 Å². The summed E-state index contributed by atoms with van der Waals surface area (Å²) >= 11 is 6.09. The fraction of sp³-hybridized carbons (Fsp3) is 0.125. The Morgan fingerprint density at radius 1 is 1.00 bits per heavy atom. The van der Waals surface area contributed by atoms with E-state index in [1.807, 2.05) is 0 Å². The van der Waals surface area contributed by atoms with Crippen LogP contribution in [0.15, 0.2) is 70.4 Å². The molecule has 1 aliphatic heterocycles. The Hall–Kier alpha value is -2.34. The van der Waals surface area contributed by atoms with Gasteiger partial charge in [-0.05, 0) is 24.3 Å². The van der Waals surface area contributed by atoms with Gasteiger partial charge in [-0.1, -0.05) is 35.9 Å². The lowest BCUT2D eigenvalue weighted by molar-refractivity contribution is -0.0927. The maximum atomic E-state index is 13.2. The van der Waals surface area contributed by atoms with Crippen molar-refractivity contribution < 1.29 is 13.2 Å². The van der Waals surface area contributed by atoms with Crippen LogP contribution in [0.4, 0.5) is 18.9 Å². The molecule has 0 amide bonds. The molecule has 3 nitrogen and oxygen atoms in total. The number of aliphatic imine (C=N–C) groups is 1. The van der Waals surface area contributed by atoms with Gasteiger partial charge >= 0.3 is 6.18 Å². The lowest BCUT2D eigenvalue weighted by Gasteiger charge is -2.31. The van der Waals surface area contributed by atoms with Gasteiger partial charge in [-0.3, -0.25) is 14.9 Å². The smallest absolute Gasteiger partial charge is 0.283 e. The minimum atomic E-state index is -4.54. The summed E-state index contributed by atoms with van der Waals surface area (Å²) in [5.74, 6) is 0.287. The molecule has 7 heteroatoms. The third-order valence-electron chi connectivity index (χ3n) is 3.29. The molecule has 0 atom stereocenters. The number of hydrogen-bond acceptors (Lipinski definition) is 3. The summed E-state index contributed by atoms with van der Waals surface area (Å²) in [6.07, 6.45) is -2.98. The maximum absolute atomic E-state index is 13.2. The first-order valence-electron chi connectivity index (χ1n) is 6.75. The van der Waals surface area contributed by atoms with Crippen molar-refractivity contribution in [1.29, 1.82) is 0 Å². The van der Waals surface area contributed by atoms with Crippen LogP contribution >= 0.6 is 11.6 Å². The first kappa shape index (κ1) is 15.6. The van der Waals surface area contributed by atoms with Gasteiger partial charge in [0.2, 0.25) is 0 Å². The summed E-state index contributed by atoms with van der Waals surface area (Å²) in [6, 6.07) is 13.7. The molecule has 0 saturated heterocycles. The zero-order chi connectivity index (χ0) is 16.4. The van der Waals surface area contributed by atoms with E-state index < -0.39 is 23.5 Å². The van der Waals surface area contributed by atoms with E-state index in [0.29, 0.717) is 11.4 Å². The van der Waals surface area contributed by atoms with Crippen molar-refractivity contribution in [3.63, 3.8) is 0 Å². The van der Waals surface area contributed by atoms with Crippen molar-refractivity contribution >= 4 is 23.1 Å². The van der Waals surface area contributed by atoms with Gasteiger partial charge in [0.1, 0.15) is 10.9 Å². The van der Waals surface area contributed by atoms with Crippen LogP contribution in [-0.2, 0) is 0 Å². The number of benzene rings is 1. The first-order chi connectivity index (χ1) is 11.0. The fourth-order valence-corrected chi connectivity index (χ4v) is 2.57. The van der Waals surface area contributed by atoms with Crippen molar-refractivity contribution in [2.24, 2.45) is 4.99 Å². The lowest BCUT2D eigenvalue weighted by Crippen LogP contribution is -2.37. The molecular weight excluding hydrogens is 327 g/mol. The number of halogens is 4. The van der Waals surface area contributed by atoms with Crippen LogP contribution < -0.4 is 4.90 Å². The molecule has 2 heterocycles. The number of alkyl halides is 3. The molecule has 3 rings (SSSR count). The molecule has 1 aromatic carbocycles. The third kappa shape index (κ3) is 3.07. The van der Waals surface area contributed by atoms with Gasteiger partial charge in [-0.2, -0.15) is 13.2 Å². The second-order valence-electron chi connectivity index (χ2n) is 4.79. The van der Waals surface area contributed by atoms with E-state index in [-0.39, 0.29) is 5.84 Å². The average Bonchev–Trinajstić information content (AvgIpc) is 2.55. The van der Waals surface area contributed by atoms with E-state index in [9.17, 15) is 13.2 Å². The average molecular weight is 338 g/mol. The minimum Gasteiger partial charge on any atom is -0.283 e. The molecule has 23 heavy (non-hydrogen) atoms. The molecule has 118 valence electrons. The van der Waals surface area contributed by atoms with Crippen LogP contribution in [0, 0.1) is 0 Å². The molecule has 0 N–H and O–H groups in total. The summed E-state index contributed by atoms with van der Waals surface area (Å²) in [6.45, 7) is -0.530. The second-order valence-corrected chi connectivity index (χ2v) is 5.15. The van der Waals surface area contributed by atoms with E-state index in [1.165, 1.54) is 4.90 Å². The molecule has 1 aromatic heterocycles. The van der Waals surface area contributed by atoms with Gasteiger partial charge < -0.3 is 0 Å². The predicted octanol–water partition coefficient (Wildman–Crippen LogP) is 4.36. The third-order valence-corrected chi connectivity index (χ3v) is 3.69. The molecular formula is C16H11ClF3N3. The van der Waals surface area contributed by atoms with E-state index in [2.05, 4.69) is 9.98 Å². The molecule has 0 saturated carbocycles. The van der Waals surface area contributed by atoms with E-state index in [0.717, 1.165) is 0 Å². The lowest BCUT2D eigenvalue weighted by atomic mass is 10.1. The number of aromatic nitrogens is 1. The standard InChI is InChI=1S/C16H11ClF3N3/c17-14-12(16(18,19)20)10-22-15(13-8-4-5-9-21-13)23(14)11-6-2-1-3-7-11/h1-9H,10H2. The van der Waals surface area contributed by atoms with Crippen LogP contribution in [-0.4, -0.2) is 23.5 Å². The highest BCUT2D eigenvalue weighted by atomic mass is 35.5. The molecule has 0 bridgehead atoms. The van der Waals surface area contributed by atoms with Crippen molar-refractivity contribution in [3.05, 3.63) is 71.2 Å². The van der Waals surface area contributed by atoms with Crippen LogP contribution in [0.25, 0.3) is 0 Å². The fourth-order valence-electron chi connectivity index (χ4n) is 2.23. The SMILES string of the molecule is FC(F)(F)C1=C(Cl)N(c2ccccc2)C(c2ccccn2)=NC1. The van der Waals surface area contributed by atoms with Crippen LogP contribution in [0.3, 0.4) is 0 Å². The number of amidine groups is 1. The molecule has 1 aliphatic rings. The molecule has 0 fully saturated rings. The Bertz CT molecular complexity index is 755. The summed E-state index contributed by atoms with van der Waals surface area (Å²) in [5, 5.41) is -0.403. The number of anilines is 1. The number of hydrogen-bond donors (Lipinski definition) is 0. The van der Waals surface area contributed by atoms with Crippen molar-refractivity contribution in [2.45, 2.75) is 6.18 Å². The predicted molar refractivity (Wildman–Crippen MR) is 83.5 cm³/mol. The topological polar surface area (TPSA) is 28.5 Å². The molecule has 0 aliphatic carbocycles. The van der Waals surface area contributed by atoms with E-state index >= 15 is 0 Å².